The second-order valence-corrected chi connectivity index (χ2v) is 5.69. The van der Waals surface area contributed by atoms with Gasteiger partial charge in [-0.2, -0.15) is 0 Å². The van der Waals surface area contributed by atoms with Gasteiger partial charge in [0.2, 0.25) is 0 Å². The molecule has 1 fully saturated rings. The zero-order valence-electron chi connectivity index (χ0n) is 13.1. The van der Waals surface area contributed by atoms with Crippen molar-refractivity contribution < 1.29 is 9.94 Å². The molecule has 0 radical (unpaired) electrons. The van der Waals surface area contributed by atoms with E-state index in [-0.39, 0.29) is 6.04 Å². The van der Waals surface area contributed by atoms with Gasteiger partial charge in [0.05, 0.1) is 18.9 Å². The van der Waals surface area contributed by atoms with E-state index in [9.17, 15) is 5.21 Å². The first-order valence-corrected chi connectivity index (χ1v) is 8.01. The molecule has 0 unspecified atom stereocenters. The molecular formula is C19H22N2O2. The van der Waals surface area contributed by atoms with Gasteiger partial charge in [0.15, 0.2) is 0 Å². The molecule has 0 aliphatic carbocycles. The maximum Gasteiger partial charge on any atom is 0.0886 e. The number of morpholine rings is 1. The molecule has 0 amide bonds. The first-order chi connectivity index (χ1) is 11.4. The maximum atomic E-state index is 9.52. The van der Waals surface area contributed by atoms with E-state index in [1.807, 2.05) is 36.4 Å². The molecule has 0 saturated carbocycles. The predicted molar refractivity (Wildman–Crippen MR) is 91.0 cm³/mol. The third-order valence-electron chi connectivity index (χ3n) is 4.29. The smallest absolute Gasteiger partial charge is 0.0886 e. The molecule has 1 N–H and O–H groups in total. The predicted octanol–water partition coefficient (Wildman–Crippen LogP) is 3.33. The monoisotopic (exact) mass is 310 g/mol. The molecule has 0 aromatic heterocycles. The van der Waals surface area contributed by atoms with Crippen LogP contribution in [0, 0.1) is 0 Å². The molecule has 1 saturated heterocycles. The molecule has 23 heavy (non-hydrogen) atoms. The fourth-order valence-corrected chi connectivity index (χ4v) is 3.05. The molecule has 2 aromatic rings. The Morgan fingerprint density at radius 1 is 1.00 bits per heavy atom. The minimum Gasteiger partial charge on any atom is -0.411 e. The fraction of sp³-hybridized carbons (Fsp3) is 0.316. The van der Waals surface area contributed by atoms with Crippen molar-refractivity contribution in [2.45, 2.75) is 12.5 Å². The summed E-state index contributed by atoms with van der Waals surface area (Å²) in [5, 5.41) is 13.1. The lowest BCUT2D eigenvalue weighted by Crippen LogP contribution is -2.40. The standard InChI is InChI=1S/C19H22N2O2/c22-20-18(16-7-3-1-4-8-16)15-19(17-9-5-2-6-10-17)21-11-13-23-14-12-21/h1-10,19,22H,11-15H2/b20-18-/t19-/m1/s1. The van der Waals surface area contributed by atoms with Crippen molar-refractivity contribution in [1.29, 1.82) is 0 Å². The van der Waals surface area contributed by atoms with Crippen LogP contribution in [0.1, 0.15) is 23.6 Å². The Balaban J connectivity index is 1.86. The third-order valence-corrected chi connectivity index (χ3v) is 4.29. The normalized spacial score (nSPS) is 17.8. The quantitative estimate of drug-likeness (QED) is 0.523. The van der Waals surface area contributed by atoms with Crippen LogP contribution >= 0.6 is 0 Å². The van der Waals surface area contributed by atoms with Gasteiger partial charge in [-0.3, -0.25) is 4.90 Å². The zero-order chi connectivity index (χ0) is 15.9. The minimum absolute atomic E-state index is 0.186. The summed E-state index contributed by atoms with van der Waals surface area (Å²) in [6, 6.07) is 20.5. The minimum atomic E-state index is 0.186. The number of ether oxygens (including phenoxy) is 1. The molecular weight excluding hydrogens is 288 g/mol. The van der Waals surface area contributed by atoms with Crippen LogP contribution in [0.4, 0.5) is 0 Å². The molecule has 1 aliphatic heterocycles. The highest BCUT2D eigenvalue weighted by atomic mass is 16.5. The molecule has 2 aromatic carbocycles. The molecule has 0 spiro atoms. The molecule has 4 heteroatoms. The van der Waals surface area contributed by atoms with Gasteiger partial charge in [-0.05, 0) is 11.1 Å². The Bertz CT molecular complexity index is 622. The van der Waals surface area contributed by atoms with Gasteiger partial charge in [-0.25, -0.2) is 0 Å². The van der Waals surface area contributed by atoms with Crippen LogP contribution in [0.25, 0.3) is 0 Å². The van der Waals surface area contributed by atoms with Gasteiger partial charge in [0.25, 0.3) is 0 Å². The molecule has 4 nitrogen and oxygen atoms in total. The van der Waals surface area contributed by atoms with Crippen molar-refractivity contribution in [3.63, 3.8) is 0 Å². The van der Waals surface area contributed by atoms with Crippen LogP contribution in [-0.2, 0) is 4.74 Å². The lowest BCUT2D eigenvalue weighted by atomic mass is 9.95. The maximum absolute atomic E-state index is 9.52. The van der Waals surface area contributed by atoms with Crippen LogP contribution in [0.5, 0.6) is 0 Å². The van der Waals surface area contributed by atoms with Crippen molar-refractivity contribution >= 4 is 5.71 Å². The number of nitrogens with zero attached hydrogens (tertiary/aromatic N) is 2. The average molecular weight is 310 g/mol. The number of hydrogen-bond donors (Lipinski definition) is 1. The highest BCUT2D eigenvalue weighted by Crippen LogP contribution is 2.27. The van der Waals surface area contributed by atoms with E-state index in [0.717, 1.165) is 31.9 Å². The van der Waals surface area contributed by atoms with Crippen molar-refractivity contribution in [1.82, 2.24) is 4.90 Å². The van der Waals surface area contributed by atoms with Crippen LogP contribution in [-0.4, -0.2) is 42.1 Å². The lowest BCUT2D eigenvalue weighted by molar-refractivity contribution is 0.0174. The largest absolute Gasteiger partial charge is 0.411 e. The summed E-state index contributed by atoms with van der Waals surface area (Å²) in [5.74, 6) is 0. The Labute approximate surface area is 137 Å². The Morgan fingerprint density at radius 3 is 2.22 bits per heavy atom. The van der Waals surface area contributed by atoms with Gasteiger partial charge < -0.3 is 9.94 Å². The van der Waals surface area contributed by atoms with Crippen molar-refractivity contribution in [3.05, 3.63) is 71.8 Å². The van der Waals surface area contributed by atoms with Crippen LogP contribution in [0.3, 0.4) is 0 Å². The molecule has 120 valence electrons. The lowest BCUT2D eigenvalue weighted by Gasteiger charge is -2.35. The van der Waals surface area contributed by atoms with E-state index in [0.29, 0.717) is 12.1 Å². The number of oxime groups is 1. The summed E-state index contributed by atoms with van der Waals surface area (Å²) in [7, 11) is 0. The second kappa shape index (κ2) is 7.90. The van der Waals surface area contributed by atoms with Gasteiger partial charge >= 0.3 is 0 Å². The van der Waals surface area contributed by atoms with Crippen LogP contribution < -0.4 is 0 Å². The van der Waals surface area contributed by atoms with Gasteiger partial charge in [0, 0.05) is 25.6 Å². The van der Waals surface area contributed by atoms with Gasteiger partial charge in [0.1, 0.15) is 0 Å². The molecule has 0 bridgehead atoms. The summed E-state index contributed by atoms with van der Waals surface area (Å²) >= 11 is 0. The highest BCUT2D eigenvalue weighted by Gasteiger charge is 2.24. The second-order valence-electron chi connectivity index (χ2n) is 5.69. The Kier molecular flexibility index (Phi) is 5.40. The van der Waals surface area contributed by atoms with Crippen LogP contribution in [0.2, 0.25) is 0 Å². The van der Waals surface area contributed by atoms with Gasteiger partial charge in [-0.15, -0.1) is 0 Å². The summed E-state index contributed by atoms with van der Waals surface area (Å²) in [4.78, 5) is 2.41. The van der Waals surface area contributed by atoms with Crippen molar-refractivity contribution in [2.24, 2.45) is 5.16 Å². The highest BCUT2D eigenvalue weighted by molar-refractivity contribution is 6.00. The van der Waals surface area contributed by atoms with Crippen molar-refractivity contribution in [2.75, 3.05) is 26.3 Å². The van der Waals surface area contributed by atoms with E-state index < -0.39 is 0 Å². The Morgan fingerprint density at radius 2 is 1.61 bits per heavy atom. The summed E-state index contributed by atoms with van der Waals surface area (Å²) < 4.78 is 5.48. The SMILES string of the molecule is O/N=C(/C[C@H](c1ccccc1)N1CCOCC1)c1ccccc1. The number of hydrogen-bond acceptors (Lipinski definition) is 4. The van der Waals surface area contributed by atoms with Crippen LogP contribution in [0.15, 0.2) is 65.8 Å². The topological polar surface area (TPSA) is 45.1 Å². The fourth-order valence-electron chi connectivity index (χ4n) is 3.05. The Hall–Kier alpha value is -2.17. The molecule has 1 heterocycles. The number of rotatable bonds is 5. The van der Waals surface area contributed by atoms with Crippen molar-refractivity contribution in [3.8, 4) is 0 Å². The van der Waals surface area contributed by atoms with E-state index in [2.05, 4.69) is 34.3 Å². The average Bonchev–Trinajstić information content (AvgIpc) is 2.65. The summed E-state index contributed by atoms with van der Waals surface area (Å²) in [6.45, 7) is 3.29. The number of benzene rings is 2. The molecule has 3 rings (SSSR count). The summed E-state index contributed by atoms with van der Waals surface area (Å²) in [5.41, 5.74) is 2.92. The zero-order valence-corrected chi connectivity index (χ0v) is 13.1. The first-order valence-electron chi connectivity index (χ1n) is 8.01. The van der Waals surface area contributed by atoms with E-state index >= 15 is 0 Å². The summed E-state index contributed by atoms with van der Waals surface area (Å²) in [6.07, 6.45) is 0.671. The van der Waals surface area contributed by atoms with E-state index in [1.165, 1.54) is 5.56 Å². The molecule has 1 atom stereocenters. The van der Waals surface area contributed by atoms with E-state index in [4.69, 9.17) is 4.74 Å². The first kappa shape index (κ1) is 15.7. The third kappa shape index (κ3) is 3.97. The van der Waals surface area contributed by atoms with Gasteiger partial charge in [-0.1, -0.05) is 65.8 Å². The van der Waals surface area contributed by atoms with E-state index in [1.54, 1.807) is 0 Å². The molecule has 1 aliphatic rings.